The first-order valence-corrected chi connectivity index (χ1v) is 7.29. The highest BCUT2D eigenvalue weighted by atomic mass is 32.2. The van der Waals surface area contributed by atoms with Gasteiger partial charge in [-0.15, -0.1) is 0 Å². The number of thioether (sulfide) groups is 1. The number of hydrogen-bond acceptors (Lipinski definition) is 2. The maximum Gasteiger partial charge on any atom is 0.446 e. The van der Waals surface area contributed by atoms with Crippen LogP contribution in [0.1, 0.15) is 17.0 Å². The lowest BCUT2D eigenvalue weighted by Crippen LogP contribution is -2.02. The van der Waals surface area contributed by atoms with Gasteiger partial charge in [0.2, 0.25) is 0 Å². The molecule has 0 unspecified atom stereocenters. The quantitative estimate of drug-likeness (QED) is 0.811. The average Bonchev–Trinajstić information content (AvgIpc) is 2.64. The van der Waals surface area contributed by atoms with E-state index in [2.05, 4.69) is 16.0 Å². The summed E-state index contributed by atoms with van der Waals surface area (Å²) in [5, 5.41) is 3.23. The van der Waals surface area contributed by atoms with Gasteiger partial charge in [0.1, 0.15) is 0 Å². The molecule has 0 aliphatic carbocycles. The molecule has 0 radical (unpaired) electrons. The van der Waals surface area contributed by atoms with E-state index in [0.29, 0.717) is 6.54 Å². The number of aromatic nitrogens is 1. The van der Waals surface area contributed by atoms with Crippen molar-refractivity contribution in [3.05, 3.63) is 47.3 Å². The molecule has 0 aliphatic heterocycles. The zero-order valence-electron chi connectivity index (χ0n) is 12.1. The molecule has 6 heteroatoms. The summed E-state index contributed by atoms with van der Waals surface area (Å²) in [5.74, 6) is 0. The Labute approximate surface area is 126 Å². The van der Waals surface area contributed by atoms with Crippen molar-refractivity contribution in [2.75, 3.05) is 5.32 Å². The van der Waals surface area contributed by atoms with Gasteiger partial charge in [-0.1, -0.05) is 0 Å². The van der Waals surface area contributed by atoms with Gasteiger partial charge in [0, 0.05) is 35.6 Å². The number of halogens is 3. The fraction of sp³-hybridized carbons (Fsp3) is 0.333. The van der Waals surface area contributed by atoms with Crippen molar-refractivity contribution in [2.45, 2.75) is 30.8 Å². The number of nitrogens with zero attached hydrogens (tertiary/aromatic N) is 1. The van der Waals surface area contributed by atoms with E-state index < -0.39 is 5.51 Å². The molecule has 2 nitrogen and oxygen atoms in total. The fourth-order valence-corrected chi connectivity index (χ4v) is 2.62. The minimum atomic E-state index is -4.24. The number of benzene rings is 1. The van der Waals surface area contributed by atoms with Crippen LogP contribution in [-0.4, -0.2) is 10.1 Å². The van der Waals surface area contributed by atoms with Crippen LogP contribution in [0.3, 0.4) is 0 Å². The molecule has 2 rings (SSSR count). The van der Waals surface area contributed by atoms with Crippen molar-refractivity contribution in [1.29, 1.82) is 0 Å². The molecule has 0 amide bonds. The minimum absolute atomic E-state index is 0.0995. The second kappa shape index (κ2) is 6.05. The first-order valence-electron chi connectivity index (χ1n) is 6.48. The monoisotopic (exact) mass is 314 g/mol. The minimum Gasteiger partial charge on any atom is -0.381 e. The van der Waals surface area contributed by atoms with Crippen molar-refractivity contribution in [3.63, 3.8) is 0 Å². The fourth-order valence-electron chi connectivity index (χ4n) is 2.08. The number of rotatable bonds is 4. The summed E-state index contributed by atoms with van der Waals surface area (Å²) < 4.78 is 38.8. The molecule has 0 spiro atoms. The van der Waals surface area contributed by atoms with E-state index in [4.69, 9.17) is 0 Å². The van der Waals surface area contributed by atoms with Gasteiger partial charge < -0.3 is 9.88 Å². The van der Waals surface area contributed by atoms with Crippen molar-refractivity contribution in [2.24, 2.45) is 7.05 Å². The Morgan fingerprint density at radius 1 is 1.14 bits per heavy atom. The normalized spacial score (nSPS) is 11.7. The lowest BCUT2D eigenvalue weighted by atomic mass is 10.2. The largest absolute Gasteiger partial charge is 0.446 e. The molecule has 21 heavy (non-hydrogen) atoms. The molecule has 0 atom stereocenters. The SMILES string of the molecule is Cc1cc(CNc2ccc(SC(F)(F)F)cc2)c(C)n1C. The van der Waals surface area contributed by atoms with E-state index >= 15 is 0 Å². The Balaban J connectivity index is 1.99. The highest BCUT2D eigenvalue weighted by Crippen LogP contribution is 2.37. The Hall–Kier alpha value is -1.56. The Kier molecular flexibility index (Phi) is 4.56. The Morgan fingerprint density at radius 3 is 2.24 bits per heavy atom. The highest BCUT2D eigenvalue weighted by Gasteiger charge is 2.28. The summed E-state index contributed by atoms with van der Waals surface area (Å²) in [7, 11) is 2.01. The van der Waals surface area contributed by atoms with E-state index in [1.165, 1.54) is 29.1 Å². The third-order valence-electron chi connectivity index (χ3n) is 3.45. The number of anilines is 1. The molecule has 0 saturated carbocycles. The Bertz CT molecular complexity index is 615. The molecule has 1 aromatic heterocycles. The summed E-state index contributed by atoms with van der Waals surface area (Å²) in [4.78, 5) is 0.194. The van der Waals surface area contributed by atoms with Gasteiger partial charge in [-0.05, 0) is 61.5 Å². The smallest absolute Gasteiger partial charge is 0.381 e. The van der Waals surface area contributed by atoms with E-state index in [-0.39, 0.29) is 16.7 Å². The topological polar surface area (TPSA) is 17.0 Å². The molecule has 1 heterocycles. The second-order valence-corrected chi connectivity index (χ2v) is 6.02. The van der Waals surface area contributed by atoms with Crippen molar-refractivity contribution < 1.29 is 13.2 Å². The summed E-state index contributed by atoms with van der Waals surface area (Å²) in [5.41, 5.74) is 0.116. The van der Waals surface area contributed by atoms with Crippen LogP contribution in [0.2, 0.25) is 0 Å². The molecular formula is C15H17F3N2S. The lowest BCUT2D eigenvalue weighted by molar-refractivity contribution is -0.0328. The van der Waals surface area contributed by atoms with Crippen LogP contribution < -0.4 is 5.32 Å². The van der Waals surface area contributed by atoms with Crippen molar-refractivity contribution in [1.82, 2.24) is 4.57 Å². The number of hydrogen-bond donors (Lipinski definition) is 1. The molecule has 1 aromatic carbocycles. The van der Waals surface area contributed by atoms with Crippen LogP contribution in [0.4, 0.5) is 18.9 Å². The number of alkyl halides is 3. The van der Waals surface area contributed by atoms with Gasteiger partial charge in [-0.3, -0.25) is 0 Å². The second-order valence-electron chi connectivity index (χ2n) is 4.88. The Morgan fingerprint density at radius 2 is 1.76 bits per heavy atom. The first kappa shape index (κ1) is 15.8. The van der Waals surface area contributed by atoms with Crippen LogP contribution >= 0.6 is 11.8 Å². The third-order valence-corrected chi connectivity index (χ3v) is 4.19. The predicted octanol–water partition coefficient (Wildman–Crippen LogP) is 4.87. The standard InChI is InChI=1S/C15H17F3N2S/c1-10-8-12(11(2)20(10)3)9-19-13-4-6-14(7-5-13)21-15(16,17)18/h4-8,19H,9H2,1-3H3. The highest BCUT2D eigenvalue weighted by molar-refractivity contribution is 8.00. The molecule has 2 aromatic rings. The maximum atomic E-state index is 12.2. The maximum absolute atomic E-state index is 12.2. The van der Waals surface area contributed by atoms with Gasteiger partial charge in [-0.2, -0.15) is 13.2 Å². The van der Waals surface area contributed by atoms with E-state index in [0.717, 1.165) is 5.69 Å². The molecule has 0 saturated heterocycles. The zero-order valence-corrected chi connectivity index (χ0v) is 12.9. The van der Waals surface area contributed by atoms with Crippen LogP contribution in [0.5, 0.6) is 0 Å². The number of aryl methyl sites for hydroxylation is 1. The van der Waals surface area contributed by atoms with Gasteiger partial charge in [0.05, 0.1) is 0 Å². The number of nitrogens with one attached hydrogen (secondary N) is 1. The summed E-state index contributed by atoms with van der Waals surface area (Å²) in [6, 6.07) is 8.39. The van der Waals surface area contributed by atoms with Crippen molar-refractivity contribution >= 4 is 17.4 Å². The van der Waals surface area contributed by atoms with Gasteiger partial charge in [0.25, 0.3) is 0 Å². The first-order chi connectivity index (χ1) is 9.76. The van der Waals surface area contributed by atoms with Crippen LogP contribution in [0, 0.1) is 13.8 Å². The van der Waals surface area contributed by atoms with Gasteiger partial charge in [0.15, 0.2) is 0 Å². The average molecular weight is 314 g/mol. The van der Waals surface area contributed by atoms with Gasteiger partial charge in [-0.25, -0.2) is 0 Å². The van der Waals surface area contributed by atoms with Crippen molar-refractivity contribution in [3.8, 4) is 0 Å². The molecule has 114 valence electrons. The summed E-state index contributed by atoms with van der Waals surface area (Å²) in [6.07, 6.45) is 0. The molecule has 1 N–H and O–H groups in total. The van der Waals surface area contributed by atoms with Crippen LogP contribution in [0.25, 0.3) is 0 Å². The van der Waals surface area contributed by atoms with E-state index in [1.807, 2.05) is 20.9 Å². The van der Waals surface area contributed by atoms with Gasteiger partial charge >= 0.3 is 5.51 Å². The van der Waals surface area contributed by atoms with Crippen LogP contribution in [0.15, 0.2) is 35.2 Å². The molecule has 0 bridgehead atoms. The molecule has 0 aliphatic rings. The summed E-state index contributed by atoms with van der Waals surface area (Å²) >= 11 is -0.0995. The molecule has 0 fully saturated rings. The molecular weight excluding hydrogens is 297 g/mol. The van der Waals surface area contributed by atoms with E-state index in [1.54, 1.807) is 12.1 Å². The summed E-state index contributed by atoms with van der Waals surface area (Å²) in [6.45, 7) is 4.74. The lowest BCUT2D eigenvalue weighted by Gasteiger charge is -2.09. The van der Waals surface area contributed by atoms with Crippen LogP contribution in [-0.2, 0) is 13.6 Å². The predicted molar refractivity (Wildman–Crippen MR) is 80.6 cm³/mol. The zero-order chi connectivity index (χ0) is 15.6. The third kappa shape index (κ3) is 4.20. The van der Waals surface area contributed by atoms with E-state index in [9.17, 15) is 13.2 Å².